The molecule has 3 aromatic carbocycles. The minimum absolute atomic E-state index is 0.00389. The molecule has 146 valence electrons. The van der Waals surface area contributed by atoms with Gasteiger partial charge in [0.2, 0.25) is 10.0 Å². The summed E-state index contributed by atoms with van der Waals surface area (Å²) in [7, 11) is -2.51. The number of carbonyl (C=O) groups excluding carboxylic acids is 1. The van der Waals surface area contributed by atoms with Crippen molar-refractivity contribution in [3.8, 4) is 5.75 Å². The van der Waals surface area contributed by atoms with Crippen LogP contribution in [0.15, 0.2) is 65.6 Å². The van der Waals surface area contributed by atoms with Crippen molar-refractivity contribution < 1.29 is 22.7 Å². The van der Waals surface area contributed by atoms with Crippen LogP contribution in [0.2, 0.25) is 0 Å². The van der Waals surface area contributed by atoms with Gasteiger partial charge in [0.15, 0.2) is 0 Å². The number of hydrogen-bond donors (Lipinski definition) is 1. The second kappa shape index (κ2) is 8.41. The summed E-state index contributed by atoms with van der Waals surface area (Å²) in [5, 5.41) is 2.16. The molecule has 6 nitrogen and oxygen atoms in total. The highest BCUT2D eigenvalue weighted by atomic mass is 32.2. The summed E-state index contributed by atoms with van der Waals surface area (Å²) in [5.41, 5.74) is 0.864. The smallest absolute Gasteiger partial charge is 0.338 e. The van der Waals surface area contributed by atoms with Gasteiger partial charge in [-0.1, -0.05) is 36.4 Å². The number of nitrogens with one attached hydrogen (secondary N) is 1. The van der Waals surface area contributed by atoms with Gasteiger partial charge in [0.05, 0.1) is 17.6 Å². The molecule has 7 heteroatoms. The average molecular weight is 399 g/mol. The van der Waals surface area contributed by atoms with Gasteiger partial charge in [-0.05, 0) is 47.5 Å². The van der Waals surface area contributed by atoms with Gasteiger partial charge in [0.25, 0.3) is 0 Å². The van der Waals surface area contributed by atoms with E-state index in [9.17, 15) is 13.2 Å². The van der Waals surface area contributed by atoms with Crippen molar-refractivity contribution in [2.45, 2.75) is 11.8 Å². The number of methoxy groups -OCH3 is 1. The van der Waals surface area contributed by atoms with Crippen molar-refractivity contribution in [2.75, 3.05) is 20.3 Å². The van der Waals surface area contributed by atoms with Gasteiger partial charge >= 0.3 is 5.97 Å². The lowest BCUT2D eigenvalue weighted by molar-refractivity contribution is 0.0599. The van der Waals surface area contributed by atoms with Gasteiger partial charge in [-0.3, -0.25) is 0 Å². The molecule has 0 atom stereocenters. The van der Waals surface area contributed by atoms with Crippen molar-refractivity contribution in [1.29, 1.82) is 0 Å². The molecule has 3 aromatic rings. The minimum Gasteiger partial charge on any atom is -0.492 e. The Morgan fingerprint density at radius 3 is 2.50 bits per heavy atom. The summed E-state index contributed by atoms with van der Waals surface area (Å²) in [6.45, 7) is 1.98. The zero-order valence-electron chi connectivity index (χ0n) is 15.6. The van der Waals surface area contributed by atoms with E-state index in [0.29, 0.717) is 11.3 Å². The fourth-order valence-electron chi connectivity index (χ4n) is 2.78. The second-order valence-corrected chi connectivity index (χ2v) is 7.99. The molecule has 0 amide bonds. The van der Waals surface area contributed by atoms with Crippen LogP contribution in [0, 0.1) is 6.92 Å². The Morgan fingerprint density at radius 1 is 1.00 bits per heavy atom. The van der Waals surface area contributed by atoms with Gasteiger partial charge in [-0.25, -0.2) is 17.9 Å². The molecular formula is C21H21NO5S. The molecule has 0 bridgehead atoms. The second-order valence-electron chi connectivity index (χ2n) is 6.22. The van der Waals surface area contributed by atoms with Crippen LogP contribution in [-0.2, 0) is 14.8 Å². The summed E-state index contributed by atoms with van der Waals surface area (Å²) in [4.78, 5) is 11.8. The molecule has 0 saturated carbocycles. The predicted octanol–water partition coefficient (Wildman–Crippen LogP) is 3.29. The molecule has 0 fully saturated rings. The van der Waals surface area contributed by atoms with E-state index in [-0.39, 0.29) is 23.6 Å². The molecule has 28 heavy (non-hydrogen) atoms. The van der Waals surface area contributed by atoms with Crippen LogP contribution >= 0.6 is 0 Å². The molecule has 0 aromatic heterocycles. The number of hydrogen-bond acceptors (Lipinski definition) is 5. The average Bonchev–Trinajstić information content (AvgIpc) is 2.70. The van der Waals surface area contributed by atoms with E-state index in [4.69, 9.17) is 4.74 Å². The van der Waals surface area contributed by atoms with E-state index in [1.165, 1.54) is 19.2 Å². The highest BCUT2D eigenvalue weighted by molar-refractivity contribution is 7.89. The quantitative estimate of drug-likeness (QED) is 0.487. The summed E-state index contributed by atoms with van der Waals surface area (Å²) < 4.78 is 37.8. The standard InChI is InChI=1S/C21H21NO5S/c1-15-7-10-19(14-20(15)21(23)26-2)28(24,25)22-11-12-27-18-9-8-16-5-3-4-6-17(16)13-18/h3-10,13-14,22H,11-12H2,1-2H3. The van der Waals surface area contributed by atoms with Crippen molar-refractivity contribution in [1.82, 2.24) is 4.72 Å². The van der Waals surface area contributed by atoms with E-state index < -0.39 is 16.0 Å². The number of aryl methyl sites for hydroxylation is 1. The highest BCUT2D eigenvalue weighted by Gasteiger charge is 2.18. The molecule has 0 aliphatic carbocycles. The van der Waals surface area contributed by atoms with E-state index >= 15 is 0 Å². The molecule has 0 aliphatic rings. The first-order valence-corrected chi connectivity index (χ1v) is 10.2. The molecule has 1 N–H and O–H groups in total. The highest BCUT2D eigenvalue weighted by Crippen LogP contribution is 2.20. The van der Waals surface area contributed by atoms with Crippen LogP contribution in [0.3, 0.4) is 0 Å². The van der Waals surface area contributed by atoms with E-state index in [2.05, 4.69) is 9.46 Å². The first-order chi connectivity index (χ1) is 13.4. The fourth-order valence-corrected chi connectivity index (χ4v) is 3.82. The summed E-state index contributed by atoms with van der Waals surface area (Å²) in [6, 6.07) is 18.0. The van der Waals surface area contributed by atoms with E-state index in [0.717, 1.165) is 10.8 Å². The van der Waals surface area contributed by atoms with Crippen LogP contribution in [0.5, 0.6) is 5.75 Å². The molecule has 0 spiro atoms. The number of ether oxygens (including phenoxy) is 2. The number of benzene rings is 3. The number of carbonyl (C=O) groups is 1. The Balaban J connectivity index is 1.62. The number of sulfonamides is 1. The van der Waals surface area contributed by atoms with Crippen molar-refractivity contribution in [3.05, 3.63) is 71.8 Å². The zero-order chi connectivity index (χ0) is 20.1. The van der Waals surface area contributed by atoms with Crippen molar-refractivity contribution in [2.24, 2.45) is 0 Å². The maximum Gasteiger partial charge on any atom is 0.338 e. The number of esters is 1. The Kier molecular flexibility index (Phi) is 5.96. The molecule has 0 saturated heterocycles. The lowest BCUT2D eigenvalue weighted by Crippen LogP contribution is -2.28. The zero-order valence-corrected chi connectivity index (χ0v) is 16.5. The third kappa shape index (κ3) is 4.49. The van der Waals surface area contributed by atoms with Gasteiger partial charge in [-0.2, -0.15) is 0 Å². The van der Waals surface area contributed by atoms with Gasteiger partial charge < -0.3 is 9.47 Å². The molecule has 0 heterocycles. The molecule has 0 unspecified atom stereocenters. The first-order valence-electron chi connectivity index (χ1n) is 8.71. The van der Waals surface area contributed by atoms with Gasteiger partial charge in [-0.15, -0.1) is 0 Å². The van der Waals surface area contributed by atoms with E-state index in [1.807, 2.05) is 42.5 Å². The Bertz CT molecular complexity index is 1110. The van der Waals surface area contributed by atoms with Crippen molar-refractivity contribution >= 4 is 26.8 Å². The van der Waals surface area contributed by atoms with Gasteiger partial charge in [0.1, 0.15) is 12.4 Å². The Labute approximate surface area is 164 Å². The van der Waals surface area contributed by atoms with Gasteiger partial charge in [0, 0.05) is 6.54 Å². The maximum atomic E-state index is 12.5. The molecule has 0 aliphatic heterocycles. The largest absolute Gasteiger partial charge is 0.492 e. The number of rotatable bonds is 7. The maximum absolute atomic E-state index is 12.5. The molecular weight excluding hydrogens is 378 g/mol. The fraction of sp³-hybridized carbons (Fsp3) is 0.190. The first kappa shape index (κ1) is 19.9. The SMILES string of the molecule is COC(=O)c1cc(S(=O)(=O)NCCOc2ccc3ccccc3c2)ccc1C. The molecule has 0 radical (unpaired) electrons. The predicted molar refractivity (Wildman–Crippen MR) is 107 cm³/mol. The normalized spacial score (nSPS) is 11.4. The monoisotopic (exact) mass is 399 g/mol. The third-order valence-electron chi connectivity index (χ3n) is 4.31. The van der Waals surface area contributed by atoms with Crippen LogP contribution in [0.1, 0.15) is 15.9 Å². The van der Waals surface area contributed by atoms with Crippen LogP contribution in [0.25, 0.3) is 10.8 Å². The third-order valence-corrected chi connectivity index (χ3v) is 5.77. The Morgan fingerprint density at radius 2 is 1.75 bits per heavy atom. The van der Waals surface area contributed by atoms with E-state index in [1.54, 1.807) is 13.0 Å². The van der Waals surface area contributed by atoms with Crippen molar-refractivity contribution in [3.63, 3.8) is 0 Å². The topological polar surface area (TPSA) is 81.7 Å². The van der Waals surface area contributed by atoms with Crippen LogP contribution < -0.4 is 9.46 Å². The van der Waals surface area contributed by atoms with Crippen LogP contribution in [-0.4, -0.2) is 34.6 Å². The molecule has 3 rings (SSSR count). The lowest BCUT2D eigenvalue weighted by atomic mass is 10.1. The summed E-state index contributed by atoms with van der Waals surface area (Å²) in [5.74, 6) is 0.0930. The van der Waals surface area contributed by atoms with Crippen LogP contribution in [0.4, 0.5) is 0 Å². The number of fused-ring (bicyclic) bond motifs is 1. The minimum atomic E-state index is -3.77. The lowest BCUT2D eigenvalue weighted by Gasteiger charge is -2.11. The summed E-state index contributed by atoms with van der Waals surface area (Å²) in [6.07, 6.45) is 0. The summed E-state index contributed by atoms with van der Waals surface area (Å²) >= 11 is 0. The Hall–Kier alpha value is -2.90.